The van der Waals surface area contributed by atoms with E-state index in [1.165, 1.54) is 11.8 Å². The fourth-order valence-corrected chi connectivity index (χ4v) is 3.35. The van der Waals surface area contributed by atoms with E-state index in [0.29, 0.717) is 12.1 Å². The van der Waals surface area contributed by atoms with Crippen molar-refractivity contribution in [1.82, 2.24) is 10.6 Å². The Hall–Kier alpha value is -3.61. The third-order valence-electron chi connectivity index (χ3n) is 4.94. The van der Waals surface area contributed by atoms with Crippen LogP contribution in [0, 0.1) is 0 Å². The predicted molar refractivity (Wildman–Crippen MR) is 115 cm³/mol. The number of amides is 3. The summed E-state index contributed by atoms with van der Waals surface area (Å²) in [5, 5.41) is 5.28. The van der Waals surface area contributed by atoms with Crippen molar-refractivity contribution in [3.63, 3.8) is 0 Å². The number of hydrogen-bond donors (Lipinski definition) is 2. The van der Waals surface area contributed by atoms with Crippen molar-refractivity contribution >= 4 is 23.6 Å². The van der Waals surface area contributed by atoms with E-state index in [4.69, 9.17) is 4.74 Å². The number of anilines is 1. The number of carbonyl (C=O) groups excluding carboxylic acids is 3. The molecule has 2 aromatic carbocycles. The molecule has 0 saturated carbocycles. The standard InChI is InChI=1S/C23H25N3O4/c1-4-5-14-24-23(29)30-15(2)21(27)25-20-18-12-7-6-10-16(18)17-11-8-9-13-19(17)26(3)22(20)28/h4-13,15,20H,14H2,1-3H3,(H,24,29)(H,25,27)/t15-,20-/m0/s1. The maximum Gasteiger partial charge on any atom is 0.408 e. The van der Waals surface area contributed by atoms with Crippen LogP contribution in [0.1, 0.15) is 25.5 Å². The molecule has 0 saturated heterocycles. The van der Waals surface area contributed by atoms with Crippen LogP contribution in [0.2, 0.25) is 0 Å². The Morgan fingerprint density at radius 1 is 1.13 bits per heavy atom. The third kappa shape index (κ3) is 4.35. The highest BCUT2D eigenvalue weighted by Crippen LogP contribution is 2.39. The zero-order valence-corrected chi connectivity index (χ0v) is 17.2. The molecule has 1 heterocycles. The lowest BCUT2D eigenvalue weighted by molar-refractivity contribution is -0.132. The van der Waals surface area contributed by atoms with Gasteiger partial charge in [0.05, 0.1) is 5.69 Å². The number of alkyl carbamates (subject to hydrolysis) is 1. The van der Waals surface area contributed by atoms with Crippen molar-refractivity contribution in [3.8, 4) is 11.1 Å². The second-order valence-corrected chi connectivity index (χ2v) is 6.94. The number of likely N-dealkylation sites (N-methyl/N-ethyl adjacent to an activating group) is 1. The first kappa shape index (κ1) is 21.1. The molecule has 2 N–H and O–H groups in total. The number of benzene rings is 2. The van der Waals surface area contributed by atoms with Gasteiger partial charge in [-0.3, -0.25) is 9.59 Å². The average Bonchev–Trinajstić information content (AvgIpc) is 2.84. The SMILES string of the molecule is CC=CCNC(=O)O[C@@H](C)C(=O)N[C@@H]1C(=O)N(C)c2ccccc2-c2ccccc21. The van der Waals surface area contributed by atoms with E-state index in [-0.39, 0.29) is 5.91 Å². The van der Waals surface area contributed by atoms with Crippen LogP contribution in [-0.4, -0.2) is 37.6 Å². The number of nitrogens with zero attached hydrogens (tertiary/aromatic N) is 1. The van der Waals surface area contributed by atoms with E-state index in [1.54, 1.807) is 19.2 Å². The Morgan fingerprint density at radius 3 is 2.53 bits per heavy atom. The summed E-state index contributed by atoms with van der Waals surface area (Å²) in [6.07, 6.45) is 1.78. The van der Waals surface area contributed by atoms with Crippen LogP contribution in [0.15, 0.2) is 60.7 Å². The number of para-hydroxylation sites is 1. The molecule has 0 aliphatic carbocycles. The van der Waals surface area contributed by atoms with Gasteiger partial charge in [0.1, 0.15) is 6.04 Å². The van der Waals surface area contributed by atoms with Crippen molar-refractivity contribution in [2.75, 3.05) is 18.5 Å². The monoisotopic (exact) mass is 407 g/mol. The highest BCUT2D eigenvalue weighted by Gasteiger charge is 2.34. The molecule has 30 heavy (non-hydrogen) atoms. The molecule has 7 heteroatoms. The van der Waals surface area contributed by atoms with E-state index in [0.717, 1.165) is 16.8 Å². The summed E-state index contributed by atoms with van der Waals surface area (Å²) in [6.45, 7) is 3.61. The van der Waals surface area contributed by atoms with Gasteiger partial charge >= 0.3 is 6.09 Å². The first-order valence-corrected chi connectivity index (χ1v) is 9.76. The Balaban J connectivity index is 1.83. The summed E-state index contributed by atoms with van der Waals surface area (Å²) >= 11 is 0. The van der Waals surface area contributed by atoms with Crippen molar-refractivity contribution < 1.29 is 19.1 Å². The predicted octanol–water partition coefficient (Wildman–Crippen LogP) is 3.18. The lowest BCUT2D eigenvalue weighted by Crippen LogP contribution is -2.45. The van der Waals surface area contributed by atoms with Gasteiger partial charge in [-0.1, -0.05) is 54.6 Å². The molecular weight excluding hydrogens is 382 g/mol. The number of hydrogen-bond acceptors (Lipinski definition) is 4. The van der Waals surface area contributed by atoms with Gasteiger partial charge in [0, 0.05) is 19.2 Å². The molecular formula is C23H25N3O4. The van der Waals surface area contributed by atoms with Crippen LogP contribution in [0.5, 0.6) is 0 Å². The number of fused-ring (bicyclic) bond motifs is 3. The van der Waals surface area contributed by atoms with Crippen LogP contribution in [0.4, 0.5) is 10.5 Å². The van der Waals surface area contributed by atoms with Gasteiger partial charge in [-0.2, -0.15) is 0 Å². The molecule has 0 radical (unpaired) electrons. The summed E-state index contributed by atoms with van der Waals surface area (Å²) in [7, 11) is 1.68. The third-order valence-corrected chi connectivity index (χ3v) is 4.94. The Bertz CT molecular complexity index is 986. The summed E-state index contributed by atoms with van der Waals surface area (Å²) in [4.78, 5) is 39.3. The normalized spacial score (nSPS) is 16.3. The summed E-state index contributed by atoms with van der Waals surface area (Å²) < 4.78 is 5.12. The van der Waals surface area contributed by atoms with Crippen LogP contribution in [0.25, 0.3) is 11.1 Å². The lowest BCUT2D eigenvalue weighted by atomic mass is 9.95. The smallest absolute Gasteiger partial charge is 0.408 e. The first-order chi connectivity index (χ1) is 14.4. The Labute approximate surface area is 175 Å². The van der Waals surface area contributed by atoms with Gasteiger partial charge < -0.3 is 20.3 Å². The topological polar surface area (TPSA) is 87.7 Å². The number of nitrogens with one attached hydrogen (secondary N) is 2. The van der Waals surface area contributed by atoms with Crippen molar-refractivity contribution in [2.24, 2.45) is 0 Å². The molecule has 2 aromatic rings. The molecule has 156 valence electrons. The number of carbonyl (C=O) groups is 3. The highest BCUT2D eigenvalue weighted by molar-refractivity contribution is 6.06. The number of allylic oxidation sites excluding steroid dienone is 1. The molecule has 1 aliphatic rings. The number of ether oxygens (including phenoxy) is 1. The van der Waals surface area contributed by atoms with E-state index in [9.17, 15) is 14.4 Å². The minimum atomic E-state index is -1.06. The van der Waals surface area contributed by atoms with Crippen molar-refractivity contribution in [1.29, 1.82) is 0 Å². The van der Waals surface area contributed by atoms with Gasteiger partial charge in [0.2, 0.25) is 0 Å². The minimum absolute atomic E-state index is 0.273. The average molecular weight is 407 g/mol. The van der Waals surface area contributed by atoms with Gasteiger partial charge in [0.25, 0.3) is 11.8 Å². The summed E-state index contributed by atoms with van der Waals surface area (Å²) in [5.74, 6) is -0.825. The van der Waals surface area contributed by atoms with E-state index in [2.05, 4.69) is 10.6 Å². The highest BCUT2D eigenvalue weighted by atomic mass is 16.6. The van der Waals surface area contributed by atoms with E-state index < -0.39 is 24.1 Å². The molecule has 3 rings (SSSR count). The minimum Gasteiger partial charge on any atom is -0.436 e. The molecule has 0 spiro atoms. The van der Waals surface area contributed by atoms with Gasteiger partial charge in [-0.05, 0) is 31.0 Å². The summed E-state index contributed by atoms with van der Waals surface area (Å²) in [5.41, 5.74) is 3.24. The molecule has 0 fully saturated rings. The molecule has 7 nitrogen and oxygen atoms in total. The molecule has 0 aromatic heterocycles. The quantitative estimate of drug-likeness (QED) is 0.746. The Morgan fingerprint density at radius 2 is 1.80 bits per heavy atom. The van der Waals surface area contributed by atoms with Crippen LogP contribution in [0.3, 0.4) is 0 Å². The van der Waals surface area contributed by atoms with E-state index in [1.807, 2.05) is 55.5 Å². The van der Waals surface area contributed by atoms with E-state index >= 15 is 0 Å². The molecule has 0 bridgehead atoms. The fourth-order valence-electron chi connectivity index (χ4n) is 3.35. The molecule has 3 amide bonds. The second-order valence-electron chi connectivity index (χ2n) is 6.94. The molecule has 2 atom stereocenters. The molecule has 1 aliphatic heterocycles. The van der Waals surface area contributed by atoms with Gasteiger partial charge in [-0.15, -0.1) is 0 Å². The number of rotatable bonds is 5. The van der Waals surface area contributed by atoms with Crippen LogP contribution < -0.4 is 15.5 Å². The zero-order chi connectivity index (χ0) is 21.7. The Kier molecular flexibility index (Phi) is 6.51. The second kappa shape index (κ2) is 9.26. The molecule has 0 unspecified atom stereocenters. The van der Waals surface area contributed by atoms with Crippen molar-refractivity contribution in [2.45, 2.75) is 26.0 Å². The zero-order valence-electron chi connectivity index (χ0n) is 17.2. The van der Waals surface area contributed by atoms with Gasteiger partial charge in [0.15, 0.2) is 6.10 Å². The summed E-state index contributed by atoms with van der Waals surface area (Å²) in [6, 6.07) is 14.2. The van der Waals surface area contributed by atoms with Gasteiger partial charge in [-0.25, -0.2) is 4.79 Å². The largest absolute Gasteiger partial charge is 0.436 e. The van der Waals surface area contributed by atoms with Crippen LogP contribution >= 0.6 is 0 Å². The first-order valence-electron chi connectivity index (χ1n) is 9.76. The lowest BCUT2D eigenvalue weighted by Gasteiger charge is -2.24. The van der Waals surface area contributed by atoms with Crippen LogP contribution in [-0.2, 0) is 14.3 Å². The maximum absolute atomic E-state index is 13.2. The fraction of sp³-hybridized carbons (Fsp3) is 0.261. The maximum atomic E-state index is 13.2. The van der Waals surface area contributed by atoms with Crippen molar-refractivity contribution in [3.05, 3.63) is 66.2 Å².